The van der Waals surface area contributed by atoms with Gasteiger partial charge in [-0.2, -0.15) is 11.3 Å². The second kappa shape index (κ2) is 10.5. The van der Waals surface area contributed by atoms with Crippen LogP contribution in [0.4, 0.5) is 5.69 Å². The van der Waals surface area contributed by atoms with E-state index < -0.39 is 15.9 Å². The molecule has 0 atom stereocenters. The van der Waals surface area contributed by atoms with Gasteiger partial charge in [-0.1, -0.05) is 23.7 Å². The van der Waals surface area contributed by atoms with Crippen LogP contribution in [-0.2, 0) is 21.2 Å². The van der Waals surface area contributed by atoms with Crippen molar-refractivity contribution in [2.75, 3.05) is 11.8 Å². The number of nitrogens with one attached hydrogen (secondary N) is 3. The maximum absolute atomic E-state index is 12.9. The molecular weight excluding hydrogens is 474 g/mol. The molecule has 0 unspecified atom stereocenters. The molecule has 0 aliphatic heterocycles. The van der Waals surface area contributed by atoms with Gasteiger partial charge in [-0.25, -0.2) is 8.42 Å². The van der Waals surface area contributed by atoms with E-state index in [1.54, 1.807) is 29.5 Å². The number of hydrogen-bond donors (Lipinski definition) is 3. The van der Waals surface area contributed by atoms with Crippen molar-refractivity contribution in [3.63, 3.8) is 0 Å². The Kier molecular flexibility index (Phi) is 7.73. The fourth-order valence-electron chi connectivity index (χ4n) is 2.73. The summed E-state index contributed by atoms with van der Waals surface area (Å²) in [7, 11) is -2.71. The predicted molar refractivity (Wildman–Crippen MR) is 124 cm³/mol. The number of ether oxygens (including phenoxy) is 1. The highest BCUT2D eigenvalue weighted by molar-refractivity contribution is 7.92. The first kappa shape index (κ1) is 23.6. The van der Waals surface area contributed by atoms with Crippen LogP contribution in [0.3, 0.4) is 0 Å². The molecule has 0 bridgehead atoms. The van der Waals surface area contributed by atoms with Crippen LogP contribution in [0.25, 0.3) is 0 Å². The first-order valence-corrected chi connectivity index (χ1v) is 12.2. The summed E-state index contributed by atoms with van der Waals surface area (Å²) < 4.78 is 33.3. The summed E-state index contributed by atoms with van der Waals surface area (Å²) in [5, 5.41) is 3.80. The van der Waals surface area contributed by atoms with Gasteiger partial charge < -0.3 is 4.74 Å². The number of carbonyl (C=O) groups excluding carboxylic acids is 2. The van der Waals surface area contributed by atoms with Crippen molar-refractivity contribution in [1.29, 1.82) is 0 Å². The lowest BCUT2D eigenvalue weighted by atomic mass is 10.2. The molecule has 3 N–H and O–H groups in total. The van der Waals surface area contributed by atoms with Crippen LogP contribution in [0.1, 0.15) is 22.3 Å². The monoisotopic (exact) mass is 493 g/mol. The van der Waals surface area contributed by atoms with Crippen molar-refractivity contribution in [1.82, 2.24) is 10.9 Å². The number of hydrogen-bond acceptors (Lipinski definition) is 6. The average molecular weight is 494 g/mol. The molecule has 0 spiro atoms. The van der Waals surface area contributed by atoms with E-state index in [4.69, 9.17) is 16.3 Å². The minimum atomic E-state index is -4.13. The zero-order valence-electron chi connectivity index (χ0n) is 16.9. The molecule has 0 aliphatic rings. The summed E-state index contributed by atoms with van der Waals surface area (Å²) in [6.07, 6.45) is 0.739. The van der Waals surface area contributed by atoms with E-state index in [0.717, 1.165) is 11.6 Å². The van der Waals surface area contributed by atoms with E-state index in [0.29, 0.717) is 12.2 Å². The summed E-state index contributed by atoms with van der Waals surface area (Å²) >= 11 is 7.63. The number of methoxy groups -OCH3 is 1. The van der Waals surface area contributed by atoms with Crippen molar-refractivity contribution in [2.45, 2.75) is 17.7 Å². The highest BCUT2D eigenvalue weighted by Crippen LogP contribution is 2.29. The van der Waals surface area contributed by atoms with E-state index in [1.807, 2.05) is 16.8 Å². The minimum Gasteiger partial charge on any atom is -0.495 e. The molecule has 3 aromatic rings. The number of rotatable bonds is 8. The summed E-state index contributed by atoms with van der Waals surface area (Å²) in [5.41, 5.74) is 5.86. The predicted octanol–water partition coefficient (Wildman–Crippen LogP) is 3.60. The summed E-state index contributed by atoms with van der Waals surface area (Å²) in [6, 6.07) is 12.2. The SMILES string of the molecule is COc1ccccc1NS(=O)(=O)c1cc(C(=O)NNC(=O)CCc2ccsc2)ccc1Cl. The van der Waals surface area contributed by atoms with Gasteiger partial charge >= 0.3 is 0 Å². The van der Waals surface area contributed by atoms with Crippen molar-refractivity contribution in [2.24, 2.45) is 0 Å². The molecule has 0 aliphatic carbocycles. The van der Waals surface area contributed by atoms with Crippen LogP contribution in [-0.4, -0.2) is 27.3 Å². The lowest BCUT2D eigenvalue weighted by Crippen LogP contribution is -2.41. The molecule has 0 fully saturated rings. The Morgan fingerprint density at radius 2 is 1.88 bits per heavy atom. The molecule has 2 amide bonds. The van der Waals surface area contributed by atoms with Crippen molar-refractivity contribution in [3.05, 3.63) is 75.4 Å². The summed E-state index contributed by atoms with van der Waals surface area (Å²) in [6.45, 7) is 0. The van der Waals surface area contributed by atoms with Crippen molar-refractivity contribution < 1.29 is 22.7 Å². The topological polar surface area (TPSA) is 114 Å². The zero-order chi connectivity index (χ0) is 23.1. The van der Waals surface area contributed by atoms with Gasteiger partial charge in [0.25, 0.3) is 15.9 Å². The summed E-state index contributed by atoms with van der Waals surface area (Å²) in [4.78, 5) is 24.1. The fraction of sp³-hybridized carbons (Fsp3) is 0.143. The third kappa shape index (κ3) is 6.00. The summed E-state index contributed by atoms with van der Waals surface area (Å²) in [5.74, 6) is -0.727. The van der Waals surface area contributed by atoms with Gasteiger partial charge in [-0.3, -0.25) is 25.2 Å². The van der Waals surface area contributed by atoms with E-state index in [2.05, 4.69) is 15.6 Å². The number of aryl methyl sites for hydroxylation is 1. The Bertz CT molecular complexity index is 1210. The standard InChI is InChI=1S/C21H20ClN3O5S2/c1-30-18-5-3-2-4-17(18)25-32(28,29)19-12-15(7-8-16(19)22)21(27)24-23-20(26)9-6-14-10-11-31-13-14/h2-5,7-8,10-13,25H,6,9H2,1H3,(H,23,26)(H,24,27). The first-order valence-electron chi connectivity index (χ1n) is 9.36. The molecular formula is C21H20ClN3O5S2. The van der Waals surface area contributed by atoms with Gasteiger partial charge in [0.05, 0.1) is 17.8 Å². The van der Waals surface area contributed by atoms with Gasteiger partial charge in [0, 0.05) is 12.0 Å². The molecule has 0 saturated heterocycles. The van der Waals surface area contributed by atoms with Crippen LogP contribution >= 0.6 is 22.9 Å². The highest BCUT2D eigenvalue weighted by atomic mass is 35.5. The molecule has 1 aromatic heterocycles. The molecule has 8 nitrogen and oxygen atoms in total. The molecule has 3 rings (SSSR count). The molecule has 32 heavy (non-hydrogen) atoms. The number of benzene rings is 2. The Morgan fingerprint density at radius 1 is 1.09 bits per heavy atom. The van der Waals surface area contributed by atoms with Crippen LogP contribution in [0, 0.1) is 0 Å². The Balaban J connectivity index is 1.68. The van der Waals surface area contributed by atoms with Gasteiger partial charge in [-0.05, 0) is 59.1 Å². The quantitative estimate of drug-likeness (QED) is 0.415. The maximum Gasteiger partial charge on any atom is 0.269 e. The first-order chi connectivity index (χ1) is 15.3. The Hall–Kier alpha value is -3.08. The second-order valence-electron chi connectivity index (χ2n) is 6.58. The lowest BCUT2D eigenvalue weighted by Gasteiger charge is -2.13. The molecule has 0 radical (unpaired) electrons. The van der Waals surface area contributed by atoms with Crippen LogP contribution in [0.2, 0.25) is 5.02 Å². The van der Waals surface area contributed by atoms with E-state index in [-0.39, 0.29) is 33.5 Å². The van der Waals surface area contributed by atoms with E-state index in [1.165, 1.54) is 25.3 Å². The smallest absolute Gasteiger partial charge is 0.269 e. The molecule has 11 heteroatoms. The van der Waals surface area contributed by atoms with Crippen molar-refractivity contribution in [3.8, 4) is 5.75 Å². The lowest BCUT2D eigenvalue weighted by molar-refractivity contribution is -0.121. The van der Waals surface area contributed by atoms with Gasteiger partial charge in [0.2, 0.25) is 5.91 Å². The maximum atomic E-state index is 12.9. The molecule has 0 saturated carbocycles. The third-order valence-corrected chi connectivity index (χ3v) is 6.95. The van der Waals surface area contributed by atoms with Crippen LogP contribution in [0.5, 0.6) is 5.75 Å². The number of thiophene rings is 1. The largest absolute Gasteiger partial charge is 0.495 e. The number of para-hydroxylation sites is 2. The third-order valence-electron chi connectivity index (χ3n) is 4.37. The number of halogens is 1. The number of carbonyl (C=O) groups is 2. The van der Waals surface area contributed by atoms with Crippen LogP contribution < -0.4 is 20.3 Å². The normalized spacial score (nSPS) is 10.9. The fourth-order valence-corrected chi connectivity index (χ4v) is 5.03. The van der Waals surface area contributed by atoms with Gasteiger partial charge in [0.1, 0.15) is 10.6 Å². The zero-order valence-corrected chi connectivity index (χ0v) is 19.3. The van der Waals surface area contributed by atoms with E-state index >= 15 is 0 Å². The molecule has 1 heterocycles. The molecule has 2 aromatic carbocycles. The number of amides is 2. The molecule has 168 valence electrons. The van der Waals surface area contributed by atoms with Gasteiger partial charge in [-0.15, -0.1) is 0 Å². The van der Waals surface area contributed by atoms with Gasteiger partial charge in [0.15, 0.2) is 0 Å². The Labute approximate surface area is 194 Å². The average Bonchev–Trinajstić information content (AvgIpc) is 3.30. The number of anilines is 1. The minimum absolute atomic E-state index is 0.00735. The van der Waals surface area contributed by atoms with Crippen molar-refractivity contribution >= 4 is 50.5 Å². The highest BCUT2D eigenvalue weighted by Gasteiger charge is 2.22. The van der Waals surface area contributed by atoms with E-state index in [9.17, 15) is 18.0 Å². The number of hydrazine groups is 1. The Morgan fingerprint density at radius 3 is 2.59 bits per heavy atom. The van der Waals surface area contributed by atoms with Crippen LogP contribution in [0.15, 0.2) is 64.2 Å². The second-order valence-corrected chi connectivity index (χ2v) is 9.42. The number of sulfonamides is 1.